The van der Waals surface area contributed by atoms with Gasteiger partial charge in [0.15, 0.2) is 5.78 Å². The Morgan fingerprint density at radius 3 is 2.84 bits per heavy atom. The number of nitrogens with one attached hydrogen (secondary N) is 1. The average molecular weight is 440 g/mol. The Balaban J connectivity index is 1.40. The number of thiophene rings is 1. The van der Waals surface area contributed by atoms with Crippen molar-refractivity contribution in [3.8, 4) is 11.1 Å². The highest BCUT2D eigenvalue weighted by atomic mass is 32.1. The SMILES string of the molecule is O=C(Cn1cnc2scc(-c3ccc4c(c3)CCCC4)c2c1=O)c1c[nH]c2ccccc12. The van der Waals surface area contributed by atoms with Crippen LogP contribution < -0.4 is 5.56 Å². The highest BCUT2D eigenvalue weighted by Crippen LogP contribution is 2.33. The first-order chi connectivity index (χ1) is 15.7. The van der Waals surface area contributed by atoms with Crippen LogP contribution in [0.5, 0.6) is 0 Å². The third-order valence-corrected chi connectivity index (χ3v) is 7.31. The smallest absolute Gasteiger partial charge is 0.263 e. The van der Waals surface area contributed by atoms with Crippen LogP contribution in [-0.4, -0.2) is 20.3 Å². The average Bonchev–Trinajstić information content (AvgIpc) is 3.45. The number of nitrogens with zero attached hydrogens (tertiary/aromatic N) is 2. The number of Topliss-reactive ketones (excluding diaryl/α,β-unsaturated/α-hetero) is 1. The Hall–Kier alpha value is -3.51. The number of hydrogen-bond donors (Lipinski definition) is 1. The van der Waals surface area contributed by atoms with Gasteiger partial charge >= 0.3 is 0 Å². The van der Waals surface area contributed by atoms with E-state index < -0.39 is 0 Å². The molecule has 0 amide bonds. The molecule has 32 heavy (non-hydrogen) atoms. The number of ketones is 1. The summed E-state index contributed by atoms with van der Waals surface area (Å²) in [5.41, 5.74) is 6.08. The summed E-state index contributed by atoms with van der Waals surface area (Å²) in [7, 11) is 0. The molecule has 0 fully saturated rings. The molecule has 5 aromatic rings. The van der Waals surface area contributed by atoms with Crippen LogP contribution in [0.2, 0.25) is 0 Å². The minimum atomic E-state index is -0.169. The van der Waals surface area contributed by atoms with E-state index in [4.69, 9.17) is 0 Å². The van der Waals surface area contributed by atoms with Gasteiger partial charge in [0.1, 0.15) is 4.83 Å². The zero-order valence-electron chi connectivity index (χ0n) is 17.4. The molecule has 0 saturated carbocycles. The minimum Gasteiger partial charge on any atom is -0.360 e. The summed E-state index contributed by atoms with van der Waals surface area (Å²) in [5.74, 6) is -0.115. The Labute approximate surface area is 188 Å². The van der Waals surface area contributed by atoms with Crippen LogP contribution in [0.4, 0.5) is 0 Å². The lowest BCUT2D eigenvalue weighted by atomic mass is 9.89. The number of aryl methyl sites for hydroxylation is 2. The fraction of sp³-hybridized carbons (Fsp3) is 0.192. The van der Waals surface area contributed by atoms with Crippen molar-refractivity contribution in [2.75, 3.05) is 0 Å². The maximum atomic E-state index is 13.4. The predicted molar refractivity (Wildman–Crippen MR) is 129 cm³/mol. The second-order valence-corrected chi connectivity index (χ2v) is 9.23. The quantitative estimate of drug-likeness (QED) is 0.383. The fourth-order valence-electron chi connectivity index (χ4n) is 4.74. The normalized spacial score (nSPS) is 13.5. The lowest BCUT2D eigenvalue weighted by Gasteiger charge is -2.16. The third-order valence-electron chi connectivity index (χ3n) is 6.42. The van der Waals surface area contributed by atoms with Crippen molar-refractivity contribution in [2.45, 2.75) is 32.2 Å². The first-order valence-corrected chi connectivity index (χ1v) is 11.7. The number of benzene rings is 2. The second-order valence-electron chi connectivity index (χ2n) is 8.37. The van der Waals surface area contributed by atoms with Gasteiger partial charge in [0, 0.05) is 33.6 Å². The zero-order chi connectivity index (χ0) is 21.7. The monoisotopic (exact) mass is 439 g/mol. The molecule has 6 rings (SSSR count). The Morgan fingerprint density at radius 2 is 1.94 bits per heavy atom. The first kappa shape index (κ1) is 19.2. The maximum Gasteiger partial charge on any atom is 0.263 e. The Kier molecular flexibility index (Phi) is 4.54. The summed E-state index contributed by atoms with van der Waals surface area (Å²) in [6.45, 7) is -0.0386. The Bertz CT molecular complexity index is 1560. The summed E-state index contributed by atoms with van der Waals surface area (Å²) >= 11 is 1.47. The molecule has 6 heteroatoms. The van der Waals surface area contributed by atoms with Crippen molar-refractivity contribution in [1.82, 2.24) is 14.5 Å². The number of hydrogen-bond acceptors (Lipinski definition) is 4. The van der Waals surface area contributed by atoms with Crippen molar-refractivity contribution in [1.29, 1.82) is 0 Å². The molecule has 0 atom stereocenters. The molecule has 1 N–H and O–H groups in total. The van der Waals surface area contributed by atoms with Gasteiger partial charge in [-0.25, -0.2) is 4.98 Å². The van der Waals surface area contributed by atoms with E-state index >= 15 is 0 Å². The second kappa shape index (κ2) is 7.57. The molecule has 158 valence electrons. The number of H-pyrrole nitrogens is 1. The summed E-state index contributed by atoms with van der Waals surface area (Å²) in [5, 5.41) is 3.47. The van der Waals surface area contributed by atoms with E-state index in [2.05, 4.69) is 28.2 Å². The molecule has 2 aromatic carbocycles. The molecule has 3 heterocycles. The number of para-hydroxylation sites is 1. The Morgan fingerprint density at radius 1 is 1.09 bits per heavy atom. The maximum absolute atomic E-state index is 13.4. The van der Waals surface area contributed by atoms with E-state index in [0.29, 0.717) is 15.8 Å². The summed E-state index contributed by atoms with van der Waals surface area (Å²) < 4.78 is 1.43. The van der Waals surface area contributed by atoms with Crippen LogP contribution in [0, 0.1) is 0 Å². The molecular formula is C26H21N3O2S. The summed E-state index contributed by atoms with van der Waals surface area (Å²) in [4.78, 5) is 34.8. The number of aromatic nitrogens is 3. The third kappa shape index (κ3) is 3.10. The minimum absolute atomic E-state index is 0.0386. The van der Waals surface area contributed by atoms with Crippen LogP contribution in [0.3, 0.4) is 0 Å². The highest BCUT2D eigenvalue weighted by molar-refractivity contribution is 7.17. The van der Waals surface area contributed by atoms with Crippen LogP contribution in [0.25, 0.3) is 32.2 Å². The predicted octanol–water partition coefficient (Wildman–Crippen LogP) is 5.37. The van der Waals surface area contributed by atoms with Crippen molar-refractivity contribution >= 4 is 38.2 Å². The number of aromatic amines is 1. The van der Waals surface area contributed by atoms with E-state index in [0.717, 1.165) is 34.9 Å². The topological polar surface area (TPSA) is 67.8 Å². The van der Waals surface area contributed by atoms with Crippen LogP contribution >= 0.6 is 11.3 Å². The molecule has 3 aromatic heterocycles. The van der Waals surface area contributed by atoms with Gasteiger partial charge < -0.3 is 4.98 Å². The van der Waals surface area contributed by atoms with E-state index in [1.165, 1.54) is 46.2 Å². The van der Waals surface area contributed by atoms with Gasteiger partial charge in [-0.05, 0) is 48.4 Å². The number of fused-ring (bicyclic) bond motifs is 3. The van der Waals surface area contributed by atoms with Crippen molar-refractivity contribution < 1.29 is 4.79 Å². The standard InChI is InChI=1S/C26H21N3O2S/c30-23(20-12-27-22-8-4-3-7-19(20)22)13-29-15-28-25-24(26(29)31)21(14-32-25)18-10-9-16-5-1-2-6-17(16)11-18/h3-4,7-12,14-15,27H,1-2,5-6,13H2. The lowest BCUT2D eigenvalue weighted by Crippen LogP contribution is -2.24. The van der Waals surface area contributed by atoms with Gasteiger partial charge in [0.25, 0.3) is 5.56 Å². The molecule has 0 spiro atoms. The van der Waals surface area contributed by atoms with E-state index in [-0.39, 0.29) is 17.9 Å². The largest absolute Gasteiger partial charge is 0.360 e. The lowest BCUT2D eigenvalue weighted by molar-refractivity contribution is 0.0972. The number of rotatable bonds is 4. The van der Waals surface area contributed by atoms with Crippen molar-refractivity contribution in [3.05, 3.63) is 87.4 Å². The highest BCUT2D eigenvalue weighted by Gasteiger charge is 2.18. The zero-order valence-corrected chi connectivity index (χ0v) is 18.2. The van der Waals surface area contributed by atoms with Crippen molar-refractivity contribution in [2.24, 2.45) is 0 Å². The molecule has 0 bridgehead atoms. The van der Waals surface area contributed by atoms with E-state index in [9.17, 15) is 9.59 Å². The molecule has 1 aliphatic carbocycles. The number of carbonyl (C=O) groups is 1. The van der Waals surface area contributed by atoms with Crippen molar-refractivity contribution in [3.63, 3.8) is 0 Å². The van der Waals surface area contributed by atoms with Gasteiger partial charge in [-0.1, -0.05) is 36.4 Å². The summed E-state index contributed by atoms with van der Waals surface area (Å²) in [6.07, 6.45) is 7.88. The fourth-order valence-corrected chi connectivity index (χ4v) is 5.64. The van der Waals surface area contributed by atoms with Crippen LogP contribution in [0.1, 0.15) is 34.3 Å². The number of carbonyl (C=O) groups excluding carboxylic acids is 1. The molecule has 0 saturated heterocycles. The van der Waals surface area contributed by atoms with Gasteiger partial charge in [-0.2, -0.15) is 0 Å². The van der Waals surface area contributed by atoms with Gasteiger partial charge in [-0.15, -0.1) is 11.3 Å². The van der Waals surface area contributed by atoms with Gasteiger partial charge in [0.05, 0.1) is 18.3 Å². The molecule has 0 radical (unpaired) electrons. The van der Waals surface area contributed by atoms with E-state index in [1.807, 2.05) is 29.6 Å². The molecule has 5 nitrogen and oxygen atoms in total. The molecule has 1 aliphatic rings. The molecule has 0 aliphatic heterocycles. The van der Waals surface area contributed by atoms with E-state index in [1.54, 1.807) is 6.20 Å². The first-order valence-electron chi connectivity index (χ1n) is 10.9. The van der Waals surface area contributed by atoms with Crippen LogP contribution in [0.15, 0.2) is 65.2 Å². The van der Waals surface area contributed by atoms with Gasteiger partial charge in [0.2, 0.25) is 0 Å². The van der Waals surface area contributed by atoms with Crippen LogP contribution in [-0.2, 0) is 19.4 Å². The summed E-state index contributed by atoms with van der Waals surface area (Å²) in [6, 6.07) is 14.2. The molecular weight excluding hydrogens is 418 g/mol. The molecule has 0 unspecified atom stereocenters. The van der Waals surface area contributed by atoms with Gasteiger partial charge in [-0.3, -0.25) is 14.2 Å².